The molecule has 3 atom stereocenters. The lowest BCUT2D eigenvalue weighted by molar-refractivity contribution is -0.142. The molecule has 6 nitrogen and oxygen atoms in total. The summed E-state index contributed by atoms with van der Waals surface area (Å²) in [6.45, 7) is 1.72. The van der Waals surface area contributed by atoms with Crippen LogP contribution in [0.2, 0.25) is 5.02 Å². The van der Waals surface area contributed by atoms with E-state index >= 15 is 0 Å². The van der Waals surface area contributed by atoms with E-state index in [1.807, 2.05) is 42.5 Å². The SMILES string of the molecule is OCOc1cc(Cl)c(Cc2ccc3c(c2)CCO3)cc1C1CC(OCc2ccccc2)CC(COCc2ccccc2)O1. The molecule has 0 amide bonds. The zero-order chi connectivity index (χ0) is 29.4. The number of halogens is 1. The lowest BCUT2D eigenvalue weighted by Gasteiger charge is -2.36. The van der Waals surface area contributed by atoms with E-state index in [1.54, 1.807) is 6.07 Å². The molecule has 2 aliphatic heterocycles. The van der Waals surface area contributed by atoms with Crippen LogP contribution < -0.4 is 9.47 Å². The van der Waals surface area contributed by atoms with Crippen molar-refractivity contribution in [3.63, 3.8) is 0 Å². The number of fused-ring (bicyclic) bond motifs is 1. The quantitative estimate of drug-likeness (QED) is 0.173. The molecule has 0 aliphatic carbocycles. The van der Waals surface area contributed by atoms with E-state index in [-0.39, 0.29) is 18.3 Å². The van der Waals surface area contributed by atoms with Gasteiger partial charge in [-0.1, -0.05) is 84.4 Å². The van der Waals surface area contributed by atoms with Crippen LogP contribution in [0.15, 0.2) is 91.0 Å². The third-order valence-electron chi connectivity index (χ3n) is 8.00. The fraction of sp³-hybridized carbons (Fsp3) is 0.333. The van der Waals surface area contributed by atoms with Crippen molar-refractivity contribution in [1.82, 2.24) is 0 Å². The van der Waals surface area contributed by atoms with E-state index < -0.39 is 6.79 Å². The van der Waals surface area contributed by atoms with Gasteiger partial charge in [0.25, 0.3) is 0 Å². The van der Waals surface area contributed by atoms with Crippen LogP contribution in [-0.4, -0.2) is 37.3 Å². The Balaban J connectivity index is 1.23. The second-order valence-electron chi connectivity index (χ2n) is 11.1. The summed E-state index contributed by atoms with van der Waals surface area (Å²) in [5.41, 5.74) is 6.44. The van der Waals surface area contributed by atoms with Crippen molar-refractivity contribution in [1.29, 1.82) is 0 Å². The van der Waals surface area contributed by atoms with Gasteiger partial charge in [0.1, 0.15) is 11.5 Å². The summed E-state index contributed by atoms with van der Waals surface area (Å²) < 4.78 is 30.6. The Morgan fingerprint density at radius 2 is 1.60 bits per heavy atom. The average molecular weight is 601 g/mol. The van der Waals surface area contributed by atoms with Crippen LogP contribution in [-0.2, 0) is 40.3 Å². The zero-order valence-corrected chi connectivity index (χ0v) is 24.9. The van der Waals surface area contributed by atoms with Gasteiger partial charge in [-0.15, -0.1) is 0 Å². The Morgan fingerprint density at radius 3 is 2.37 bits per heavy atom. The molecule has 2 heterocycles. The maximum absolute atomic E-state index is 9.70. The molecule has 224 valence electrons. The fourth-order valence-electron chi connectivity index (χ4n) is 5.86. The minimum absolute atomic E-state index is 0.0536. The predicted molar refractivity (Wildman–Crippen MR) is 166 cm³/mol. The third kappa shape index (κ3) is 7.77. The van der Waals surface area contributed by atoms with Crippen LogP contribution in [0.4, 0.5) is 0 Å². The standard InChI is InChI=1S/C36H37ClO6/c37-33-20-35(42-24-38)32(17-29(33)16-27-11-12-34-28(15-27)13-14-40-34)36-19-30(41-22-26-9-5-2-6-10-26)18-31(43-36)23-39-21-25-7-3-1-4-8-25/h1-12,15,17,20,30-31,36,38H,13-14,16,18-19,21-24H2. The minimum Gasteiger partial charge on any atom is -0.493 e. The molecule has 4 aromatic carbocycles. The van der Waals surface area contributed by atoms with Gasteiger partial charge >= 0.3 is 0 Å². The highest BCUT2D eigenvalue weighted by molar-refractivity contribution is 6.31. The van der Waals surface area contributed by atoms with Gasteiger partial charge in [0.15, 0.2) is 6.79 Å². The van der Waals surface area contributed by atoms with Crippen LogP contribution >= 0.6 is 11.6 Å². The molecule has 3 unspecified atom stereocenters. The van der Waals surface area contributed by atoms with Crippen LogP contribution in [0, 0.1) is 0 Å². The van der Waals surface area contributed by atoms with Crippen molar-refractivity contribution in [2.45, 2.75) is 57.2 Å². The normalized spacial score (nSPS) is 19.5. The van der Waals surface area contributed by atoms with Gasteiger partial charge < -0.3 is 28.8 Å². The molecule has 43 heavy (non-hydrogen) atoms. The smallest absolute Gasteiger partial charge is 0.186 e. The molecular weight excluding hydrogens is 564 g/mol. The van der Waals surface area contributed by atoms with Gasteiger partial charge in [0.2, 0.25) is 0 Å². The van der Waals surface area contributed by atoms with Crippen molar-refractivity contribution in [2.75, 3.05) is 20.0 Å². The van der Waals surface area contributed by atoms with E-state index in [9.17, 15) is 5.11 Å². The molecule has 4 aromatic rings. The molecule has 0 bridgehead atoms. The highest BCUT2D eigenvalue weighted by atomic mass is 35.5. The van der Waals surface area contributed by atoms with Crippen molar-refractivity contribution in [3.8, 4) is 11.5 Å². The van der Waals surface area contributed by atoms with E-state index in [0.29, 0.717) is 49.9 Å². The molecular formula is C36H37ClO6. The molecule has 7 heteroatoms. The second kappa shape index (κ2) is 14.4. The molecule has 0 aromatic heterocycles. The first-order valence-electron chi connectivity index (χ1n) is 14.9. The lowest BCUT2D eigenvalue weighted by Crippen LogP contribution is -2.36. The summed E-state index contributed by atoms with van der Waals surface area (Å²) in [6.07, 6.45) is 2.36. The number of rotatable bonds is 12. The summed E-state index contributed by atoms with van der Waals surface area (Å²) in [6, 6.07) is 30.5. The van der Waals surface area contributed by atoms with Gasteiger partial charge in [0.05, 0.1) is 44.7 Å². The molecule has 0 radical (unpaired) electrons. The average Bonchev–Trinajstić information content (AvgIpc) is 3.51. The Hall–Kier alpha value is -3.39. The zero-order valence-electron chi connectivity index (χ0n) is 24.1. The molecule has 1 fully saturated rings. The lowest BCUT2D eigenvalue weighted by atomic mass is 9.92. The summed E-state index contributed by atoms with van der Waals surface area (Å²) in [5, 5.41) is 10.3. The topological polar surface area (TPSA) is 66.4 Å². The number of ether oxygens (including phenoxy) is 5. The highest BCUT2D eigenvalue weighted by Gasteiger charge is 2.33. The molecule has 1 N–H and O–H groups in total. The monoisotopic (exact) mass is 600 g/mol. The van der Waals surface area contributed by atoms with E-state index in [0.717, 1.165) is 46.6 Å². The van der Waals surface area contributed by atoms with Gasteiger partial charge in [0, 0.05) is 29.8 Å². The van der Waals surface area contributed by atoms with Gasteiger partial charge in [-0.25, -0.2) is 0 Å². The van der Waals surface area contributed by atoms with Crippen molar-refractivity contribution < 1.29 is 28.8 Å². The predicted octanol–water partition coefficient (Wildman–Crippen LogP) is 7.22. The maximum atomic E-state index is 9.70. The van der Waals surface area contributed by atoms with Gasteiger partial charge in [-0.3, -0.25) is 0 Å². The number of aliphatic hydroxyl groups excluding tert-OH is 1. The maximum Gasteiger partial charge on any atom is 0.186 e. The van der Waals surface area contributed by atoms with E-state index in [2.05, 4.69) is 42.5 Å². The van der Waals surface area contributed by atoms with Crippen LogP contribution in [0.5, 0.6) is 11.5 Å². The number of benzene rings is 4. The molecule has 6 rings (SSSR count). The number of hydrogen-bond donors (Lipinski definition) is 1. The minimum atomic E-state index is -0.461. The fourth-order valence-corrected chi connectivity index (χ4v) is 6.08. The van der Waals surface area contributed by atoms with Gasteiger partial charge in [-0.05, 0) is 52.4 Å². The van der Waals surface area contributed by atoms with Crippen LogP contribution in [0.1, 0.15) is 52.3 Å². The summed E-state index contributed by atoms with van der Waals surface area (Å²) in [5.74, 6) is 1.47. The Labute approximate surface area is 258 Å². The van der Waals surface area contributed by atoms with Crippen molar-refractivity contribution in [2.24, 2.45) is 0 Å². The van der Waals surface area contributed by atoms with E-state index in [1.165, 1.54) is 5.56 Å². The largest absolute Gasteiger partial charge is 0.493 e. The first-order chi connectivity index (χ1) is 21.1. The van der Waals surface area contributed by atoms with Crippen molar-refractivity contribution >= 4 is 11.6 Å². The van der Waals surface area contributed by atoms with E-state index in [4.69, 9.17) is 35.3 Å². The van der Waals surface area contributed by atoms with Crippen LogP contribution in [0.25, 0.3) is 0 Å². The Kier molecular flexibility index (Phi) is 9.93. The number of hydrogen-bond acceptors (Lipinski definition) is 6. The third-order valence-corrected chi connectivity index (χ3v) is 8.35. The second-order valence-corrected chi connectivity index (χ2v) is 11.5. The number of aliphatic hydroxyl groups is 1. The Morgan fingerprint density at radius 1 is 0.837 bits per heavy atom. The molecule has 0 spiro atoms. The summed E-state index contributed by atoms with van der Waals surface area (Å²) >= 11 is 6.77. The molecule has 2 aliphatic rings. The van der Waals surface area contributed by atoms with Crippen LogP contribution in [0.3, 0.4) is 0 Å². The van der Waals surface area contributed by atoms with Crippen molar-refractivity contribution in [3.05, 3.63) is 129 Å². The molecule has 1 saturated heterocycles. The summed E-state index contributed by atoms with van der Waals surface area (Å²) in [4.78, 5) is 0. The summed E-state index contributed by atoms with van der Waals surface area (Å²) in [7, 11) is 0. The first kappa shape index (κ1) is 29.7. The highest BCUT2D eigenvalue weighted by Crippen LogP contribution is 2.41. The molecule has 0 saturated carbocycles. The van der Waals surface area contributed by atoms with Gasteiger partial charge in [-0.2, -0.15) is 0 Å². The Bertz CT molecular complexity index is 1480. The first-order valence-corrected chi connectivity index (χ1v) is 15.3.